The van der Waals surface area contributed by atoms with E-state index in [0.717, 1.165) is 11.1 Å². The standard InChI is InChI=1S/C33H31N3O6/c1-22-29(32(37)41-20-11-19-34)31(27-16-9-10-17-28(27)36(39)40)30(23(2)35-22)33(38)42-21-18-26(24-12-5-3-6-13-24)25-14-7-4-8-15-25/h3-10,12-17,26,31,35H,11,18,20-21H2,1-2H3. The fraction of sp³-hybridized carbons (Fsp3) is 0.242. The molecule has 0 saturated carbocycles. The number of para-hydroxylation sites is 1. The molecule has 3 aromatic rings. The zero-order valence-electron chi connectivity index (χ0n) is 23.4. The summed E-state index contributed by atoms with van der Waals surface area (Å²) in [5.41, 5.74) is 3.00. The number of carbonyl (C=O) groups is 2. The SMILES string of the molecule is CC1=C(C(=O)OCCC#N)C(c2ccccc2[N+](=O)[O-])C(C(=O)OCCC(c2ccccc2)c2ccccc2)=C(C)N1. The van der Waals surface area contributed by atoms with Gasteiger partial charge in [0.15, 0.2) is 0 Å². The van der Waals surface area contributed by atoms with E-state index in [1.807, 2.05) is 66.7 Å². The summed E-state index contributed by atoms with van der Waals surface area (Å²) in [4.78, 5) is 38.5. The van der Waals surface area contributed by atoms with Crippen molar-refractivity contribution in [3.05, 3.63) is 134 Å². The van der Waals surface area contributed by atoms with Crippen molar-refractivity contribution in [3.63, 3.8) is 0 Å². The first-order valence-corrected chi connectivity index (χ1v) is 13.6. The number of benzene rings is 3. The second-order valence-electron chi connectivity index (χ2n) is 9.79. The van der Waals surface area contributed by atoms with Crippen molar-refractivity contribution in [2.45, 2.75) is 38.5 Å². The van der Waals surface area contributed by atoms with Gasteiger partial charge >= 0.3 is 11.9 Å². The van der Waals surface area contributed by atoms with Gasteiger partial charge in [-0.2, -0.15) is 5.26 Å². The number of dihydropyridines is 1. The Labute approximate surface area is 244 Å². The van der Waals surface area contributed by atoms with Crippen LogP contribution in [0.15, 0.2) is 107 Å². The molecule has 1 aliphatic heterocycles. The average Bonchev–Trinajstić information content (AvgIpc) is 2.99. The molecule has 0 saturated heterocycles. The Kier molecular flexibility index (Phi) is 9.85. The fourth-order valence-electron chi connectivity index (χ4n) is 5.25. The smallest absolute Gasteiger partial charge is 0.336 e. The van der Waals surface area contributed by atoms with Crippen LogP contribution in [0.3, 0.4) is 0 Å². The van der Waals surface area contributed by atoms with Crippen molar-refractivity contribution in [3.8, 4) is 6.07 Å². The van der Waals surface area contributed by atoms with Gasteiger partial charge in [0, 0.05) is 28.9 Å². The second-order valence-corrected chi connectivity index (χ2v) is 9.79. The highest BCUT2D eigenvalue weighted by molar-refractivity contribution is 6.00. The van der Waals surface area contributed by atoms with E-state index in [1.54, 1.807) is 19.9 Å². The van der Waals surface area contributed by atoms with Crippen LogP contribution in [0.1, 0.15) is 55.2 Å². The average molecular weight is 566 g/mol. The maximum Gasteiger partial charge on any atom is 0.336 e. The van der Waals surface area contributed by atoms with Gasteiger partial charge in [0.1, 0.15) is 6.61 Å². The van der Waals surface area contributed by atoms with Gasteiger partial charge in [-0.3, -0.25) is 10.1 Å². The second kappa shape index (κ2) is 13.9. The molecule has 1 heterocycles. The van der Waals surface area contributed by atoms with Gasteiger partial charge in [0.25, 0.3) is 5.69 Å². The number of nitro groups is 1. The van der Waals surface area contributed by atoms with E-state index < -0.39 is 22.8 Å². The summed E-state index contributed by atoms with van der Waals surface area (Å²) in [6.07, 6.45) is 0.475. The molecule has 1 N–H and O–H groups in total. The van der Waals surface area contributed by atoms with Crippen molar-refractivity contribution < 1.29 is 24.0 Å². The first kappa shape index (κ1) is 29.7. The molecule has 0 aromatic heterocycles. The lowest BCUT2D eigenvalue weighted by atomic mass is 9.79. The predicted octanol–water partition coefficient (Wildman–Crippen LogP) is 6.05. The van der Waals surface area contributed by atoms with Crippen molar-refractivity contribution in [1.29, 1.82) is 5.26 Å². The van der Waals surface area contributed by atoms with Crippen LogP contribution in [0.4, 0.5) is 5.69 Å². The lowest BCUT2D eigenvalue weighted by molar-refractivity contribution is -0.385. The summed E-state index contributed by atoms with van der Waals surface area (Å²) < 4.78 is 11.1. The quantitative estimate of drug-likeness (QED) is 0.129. The Morgan fingerprint density at radius 1 is 0.857 bits per heavy atom. The van der Waals surface area contributed by atoms with E-state index in [-0.39, 0.29) is 47.9 Å². The van der Waals surface area contributed by atoms with E-state index in [2.05, 4.69) is 5.32 Å². The molecule has 1 atom stereocenters. The Morgan fingerprint density at radius 3 is 1.88 bits per heavy atom. The molecule has 3 aromatic carbocycles. The molecule has 9 heteroatoms. The Morgan fingerprint density at radius 2 is 1.36 bits per heavy atom. The summed E-state index contributed by atoms with van der Waals surface area (Å²) in [6.45, 7) is 3.21. The lowest BCUT2D eigenvalue weighted by Gasteiger charge is -2.30. The highest BCUT2D eigenvalue weighted by atomic mass is 16.6. The first-order chi connectivity index (χ1) is 20.3. The number of nitro benzene ring substituents is 1. The fourth-order valence-corrected chi connectivity index (χ4v) is 5.25. The van der Waals surface area contributed by atoms with Crippen LogP contribution in [0.2, 0.25) is 0 Å². The number of rotatable bonds is 11. The van der Waals surface area contributed by atoms with Crippen LogP contribution in [0, 0.1) is 21.4 Å². The number of hydrogen-bond acceptors (Lipinski definition) is 8. The van der Waals surface area contributed by atoms with Gasteiger partial charge in [-0.1, -0.05) is 78.9 Å². The number of esters is 2. The molecule has 42 heavy (non-hydrogen) atoms. The van der Waals surface area contributed by atoms with Crippen molar-refractivity contribution in [1.82, 2.24) is 5.32 Å². The summed E-state index contributed by atoms with van der Waals surface area (Å²) in [5, 5.41) is 23.9. The minimum atomic E-state index is -1.12. The molecule has 0 bridgehead atoms. The molecule has 0 aliphatic carbocycles. The van der Waals surface area contributed by atoms with Crippen LogP contribution >= 0.6 is 0 Å². The van der Waals surface area contributed by atoms with E-state index >= 15 is 0 Å². The minimum absolute atomic E-state index is 0.0184. The van der Waals surface area contributed by atoms with Crippen LogP contribution < -0.4 is 5.32 Å². The Hall–Kier alpha value is -5.23. The molecule has 214 valence electrons. The molecule has 9 nitrogen and oxygen atoms in total. The monoisotopic (exact) mass is 565 g/mol. The lowest BCUT2D eigenvalue weighted by Crippen LogP contribution is -2.33. The minimum Gasteiger partial charge on any atom is -0.462 e. The maximum absolute atomic E-state index is 13.8. The van der Waals surface area contributed by atoms with Crippen LogP contribution in [0.25, 0.3) is 0 Å². The van der Waals surface area contributed by atoms with Crippen molar-refractivity contribution in [2.75, 3.05) is 13.2 Å². The maximum atomic E-state index is 13.8. The van der Waals surface area contributed by atoms with Crippen LogP contribution in [-0.4, -0.2) is 30.1 Å². The zero-order chi connectivity index (χ0) is 30.1. The number of nitrogens with one attached hydrogen (secondary N) is 1. The molecule has 0 spiro atoms. The summed E-state index contributed by atoms with van der Waals surface area (Å²) in [5.74, 6) is -2.62. The van der Waals surface area contributed by atoms with Gasteiger partial charge in [0.2, 0.25) is 0 Å². The molecule has 1 aliphatic rings. The van der Waals surface area contributed by atoms with Crippen molar-refractivity contribution in [2.24, 2.45) is 0 Å². The van der Waals surface area contributed by atoms with E-state index in [0.29, 0.717) is 17.8 Å². The molecular formula is C33H31N3O6. The summed E-state index contributed by atoms with van der Waals surface area (Å²) in [7, 11) is 0. The normalized spacial score (nSPS) is 14.7. The number of ether oxygens (including phenoxy) is 2. The first-order valence-electron chi connectivity index (χ1n) is 13.6. The topological polar surface area (TPSA) is 132 Å². The third kappa shape index (κ3) is 6.73. The number of nitrogens with zero attached hydrogens (tertiary/aromatic N) is 2. The Bertz CT molecular complexity index is 1520. The van der Waals surface area contributed by atoms with E-state index in [4.69, 9.17) is 14.7 Å². The zero-order valence-corrected chi connectivity index (χ0v) is 23.4. The van der Waals surface area contributed by atoms with E-state index in [1.165, 1.54) is 18.2 Å². The number of nitriles is 1. The van der Waals surface area contributed by atoms with Gasteiger partial charge in [-0.05, 0) is 31.4 Å². The molecule has 0 radical (unpaired) electrons. The third-order valence-electron chi connectivity index (χ3n) is 7.14. The highest BCUT2D eigenvalue weighted by Crippen LogP contribution is 2.42. The molecule has 0 amide bonds. The van der Waals surface area contributed by atoms with Gasteiger partial charge in [0.05, 0.1) is 41.1 Å². The summed E-state index contributed by atoms with van der Waals surface area (Å²) >= 11 is 0. The molecular weight excluding hydrogens is 534 g/mol. The number of carbonyl (C=O) groups excluding carboxylic acids is 2. The summed E-state index contributed by atoms with van der Waals surface area (Å²) in [6, 6.07) is 27.7. The highest BCUT2D eigenvalue weighted by Gasteiger charge is 2.41. The van der Waals surface area contributed by atoms with Crippen LogP contribution in [0.5, 0.6) is 0 Å². The number of allylic oxidation sites excluding steroid dienone is 2. The Balaban J connectivity index is 1.66. The third-order valence-corrected chi connectivity index (χ3v) is 7.14. The number of hydrogen-bond donors (Lipinski definition) is 1. The predicted molar refractivity (Wildman–Crippen MR) is 156 cm³/mol. The van der Waals surface area contributed by atoms with E-state index in [9.17, 15) is 19.7 Å². The molecule has 4 rings (SSSR count). The largest absolute Gasteiger partial charge is 0.462 e. The van der Waals surface area contributed by atoms with Gasteiger partial charge < -0.3 is 14.8 Å². The van der Waals surface area contributed by atoms with Crippen LogP contribution in [-0.2, 0) is 19.1 Å². The van der Waals surface area contributed by atoms with Gasteiger partial charge in [-0.15, -0.1) is 0 Å². The molecule has 0 fully saturated rings. The van der Waals surface area contributed by atoms with Gasteiger partial charge in [-0.25, -0.2) is 9.59 Å². The molecule has 1 unspecified atom stereocenters. The van der Waals surface area contributed by atoms with Crippen molar-refractivity contribution >= 4 is 17.6 Å².